The Bertz CT molecular complexity index is 931. The Labute approximate surface area is 133 Å². The third kappa shape index (κ3) is 1.74. The summed E-state index contributed by atoms with van der Waals surface area (Å²) in [6, 6.07) is 27.0. The zero-order valence-corrected chi connectivity index (χ0v) is 13.5. The molecule has 0 aliphatic carbocycles. The SMILES string of the molecule is c1ccc2cc3c(cc2c1)[I+]c1cc2ccccc2cc1-3. The van der Waals surface area contributed by atoms with Gasteiger partial charge in [-0.3, -0.25) is 0 Å². The smallest absolute Gasteiger partial charge is 0.0616 e. The highest BCUT2D eigenvalue weighted by Gasteiger charge is 2.33. The molecule has 0 nitrogen and oxygen atoms in total. The Morgan fingerprint density at radius 1 is 0.476 bits per heavy atom. The first-order valence-corrected chi connectivity index (χ1v) is 9.25. The Kier molecular flexibility index (Phi) is 2.41. The lowest BCUT2D eigenvalue weighted by molar-refractivity contribution is -0.589. The monoisotopic (exact) mass is 379 g/mol. The van der Waals surface area contributed by atoms with Crippen LogP contribution in [0.5, 0.6) is 0 Å². The van der Waals surface area contributed by atoms with Gasteiger partial charge in [0.1, 0.15) is 0 Å². The largest absolute Gasteiger partial charge is 0.359 e. The minimum Gasteiger partial charge on any atom is -0.0616 e. The van der Waals surface area contributed by atoms with Gasteiger partial charge in [0.05, 0.1) is 0 Å². The number of rotatable bonds is 0. The fourth-order valence-corrected chi connectivity index (χ4v) is 6.19. The van der Waals surface area contributed by atoms with Crippen molar-refractivity contribution >= 4 is 21.5 Å². The number of hydrogen-bond acceptors (Lipinski definition) is 0. The van der Waals surface area contributed by atoms with E-state index in [1.54, 1.807) is 7.14 Å². The predicted molar refractivity (Wildman–Crippen MR) is 84.3 cm³/mol. The summed E-state index contributed by atoms with van der Waals surface area (Å²) in [6.45, 7) is 0. The van der Waals surface area contributed by atoms with Crippen LogP contribution in [0.2, 0.25) is 0 Å². The Morgan fingerprint density at radius 2 is 0.857 bits per heavy atom. The predicted octanol–water partition coefficient (Wildman–Crippen LogP) is 2.10. The lowest BCUT2D eigenvalue weighted by atomic mass is 9.99. The highest BCUT2D eigenvalue weighted by atomic mass is 127. The third-order valence-corrected chi connectivity index (χ3v) is 7.11. The van der Waals surface area contributed by atoms with Crippen LogP contribution >= 0.6 is 0 Å². The van der Waals surface area contributed by atoms with Crippen LogP contribution in [0.15, 0.2) is 72.8 Å². The number of benzene rings is 4. The topological polar surface area (TPSA) is 0 Å². The van der Waals surface area contributed by atoms with E-state index in [4.69, 9.17) is 0 Å². The van der Waals surface area contributed by atoms with Crippen LogP contribution in [-0.2, 0) is 0 Å². The van der Waals surface area contributed by atoms with E-state index in [1.807, 2.05) is 0 Å². The molecule has 21 heavy (non-hydrogen) atoms. The third-order valence-electron chi connectivity index (χ3n) is 4.16. The lowest BCUT2D eigenvalue weighted by Gasteiger charge is -2.01. The van der Waals surface area contributed by atoms with Crippen molar-refractivity contribution in [3.8, 4) is 11.1 Å². The summed E-state index contributed by atoms with van der Waals surface area (Å²) in [7, 11) is 0. The molecular weight excluding hydrogens is 367 g/mol. The quantitative estimate of drug-likeness (QED) is 0.362. The average Bonchev–Trinajstić information content (AvgIpc) is 2.87. The first-order valence-electron chi connectivity index (χ1n) is 7.09. The molecule has 0 fully saturated rings. The molecule has 0 atom stereocenters. The molecular formula is C20H12I+. The van der Waals surface area contributed by atoms with Gasteiger partial charge in [-0.05, 0) is 33.7 Å². The molecule has 5 rings (SSSR count). The molecule has 0 bridgehead atoms. The van der Waals surface area contributed by atoms with Crippen LogP contribution in [0.25, 0.3) is 32.7 Å². The van der Waals surface area contributed by atoms with E-state index < -0.39 is 0 Å². The highest BCUT2D eigenvalue weighted by molar-refractivity contribution is 5.91. The second-order valence-electron chi connectivity index (χ2n) is 5.45. The fraction of sp³-hybridized carbons (Fsp3) is 0. The summed E-state index contributed by atoms with van der Waals surface area (Å²) < 4.78 is 3.13. The highest BCUT2D eigenvalue weighted by Crippen LogP contribution is 2.30. The summed E-state index contributed by atoms with van der Waals surface area (Å²) in [5, 5.41) is 5.43. The first kappa shape index (κ1) is 11.8. The molecule has 98 valence electrons. The molecule has 0 spiro atoms. The van der Waals surface area contributed by atoms with E-state index in [2.05, 4.69) is 72.8 Å². The van der Waals surface area contributed by atoms with Gasteiger partial charge in [0.25, 0.3) is 0 Å². The van der Waals surface area contributed by atoms with Crippen LogP contribution < -0.4 is 21.2 Å². The van der Waals surface area contributed by atoms with Gasteiger partial charge >= 0.3 is 21.2 Å². The van der Waals surface area contributed by atoms with Gasteiger partial charge in [0, 0.05) is 23.3 Å². The van der Waals surface area contributed by atoms with Crippen LogP contribution in [0.3, 0.4) is 0 Å². The summed E-state index contributed by atoms with van der Waals surface area (Å²) in [6.07, 6.45) is 0. The van der Waals surface area contributed by atoms with Crippen LogP contribution in [0.1, 0.15) is 0 Å². The summed E-state index contributed by atoms with van der Waals surface area (Å²) >= 11 is -0.0469. The second kappa shape index (κ2) is 4.31. The molecule has 4 aromatic rings. The van der Waals surface area contributed by atoms with Crippen molar-refractivity contribution in [3.63, 3.8) is 0 Å². The second-order valence-corrected chi connectivity index (χ2v) is 8.32. The van der Waals surface area contributed by atoms with E-state index in [9.17, 15) is 0 Å². The lowest BCUT2D eigenvalue weighted by Crippen LogP contribution is -3.61. The molecule has 0 saturated carbocycles. The maximum atomic E-state index is 2.41. The fourth-order valence-electron chi connectivity index (χ4n) is 3.10. The van der Waals surface area contributed by atoms with E-state index >= 15 is 0 Å². The molecule has 0 N–H and O–H groups in total. The van der Waals surface area contributed by atoms with Crippen molar-refractivity contribution in [2.75, 3.05) is 0 Å². The number of halogens is 1. The van der Waals surface area contributed by atoms with Crippen LogP contribution in [-0.4, -0.2) is 0 Å². The minimum absolute atomic E-state index is 0.0469. The molecule has 1 aliphatic heterocycles. The van der Waals surface area contributed by atoms with E-state index in [-0.39, 0.29) is 21.2 Å². The minimum atomic E-state index is -0.0469. The molecule has 1 aliphatic rings. The Hall–Kier alpha value is -1.87. The van der Waals surface area contributed by atoms with Gasteiger partial charge in [-0.25, -0.2) is 0 Å². The van der Waals surface area contributed by atoms with Gasteiger partial charge in [0.15, 0.2) is 0 Å². The standard InChI is InChI=1S/C20H12I/c1-3-7-15-11-19-17(9-13(15)5-1)18-10-14-6-2-4-8-16(14)12-20(18)21-19/h1-12H/q+1. The van der Waals surface area contributed by atoms with Gasteiger partial charge in [-0.2, -0.15) is 0 Å². The van der Waals surface area contributed by atoms with E-state index in [0.29, 0.717) is 0 Å². The Balaban J connectivity index is 1.84. The van der Waals surface area contributed by atoms with Gasteiger partial charge in [0.2, 0.25) is 7.14 Å². The van der Waals surface area contributed by atoms with Gasteiger partial charge in [-0.15, -0.1) is 0 Å². The maximum absolute atomic E-state index is 2.41. The maximum Gasteiger partial charge on any atom is 0.359 e. The molecule has 4 aromatic carbocycles. The van der Waals surface area contributed by atoms with Crippen molar-refractivity contribution in [2.45, 2.75) is 0 Å². The summed E-state index contributed by atoms with van der Waals surface area (Å²) in [4.78, 5) is 0. The first-order chi connectivity index (χ1) is 10.4. The molecule has 1 heterocycles. The van der Waals surface area contributed by atoms with Crippen molar-refractivity contribution in [1.29, 1.82) is 0 Å². The zero-order valence-electron chi connectivity index (χ0n) is 11.3. The Morgan fingerprint density at radius 3 is 1.29 bits per heavy atom. The summed E-state index contributed by atoms with van der Waals surface area (Å²) in [5.41, 5.74) is 2.92. The zero-order chi connectivity index (χ0) is 13.8. The van der Waals surface area contributed by atoms with Crippen LogP contribution in [0.4, 0.5) is 0 Å². The molecule has 0 amide bonds. The number of hydrogen-bond donors (Lipinski definition) is 0. The summed E-state index contributed by atoms with van der Waals surface area (Å²) in [5.74, 6) is 0. The van der Waals surface area contributed by atoms with Crippen molar-refractivity contribution in [2.24, 2.45) is 0 Å². The molecule has 0 saturated heterocycles. The number of fused-ring (bicyclic) bond motifs is 5. The van der Waals surface area contributed by atoms with Crippen molar-refractivity contribution in [1.82, 2.24) is 0 Å². The van der Waals surface area contributed by atoms with Gasteiger partial charge < -0.3 is 0 Å². The normalized spacial score (nSPS) is 12.6. The van der Waals surface area contributed by atoms with Crippen molar-refractivity contribution in [3.05, 3.63) is 79.9 Å². The average molecular weight is 379 g/mol. The van der Waals surface area contributed by atoms with E-state index in [1.165, 1.54) is 32.7 Å². The van der Waals surface area contributed by atoms with E-state index in [0.717, 1.165) is 0 Å². The van der Waals surface area contributed by atoms with Crippen LogP contribution in [0, 0.1) is 7.14 Å². The van der Waals surface area contributed by atoms with Crippen molar-refractivity contribution < 1.29 is 21.2 Å². The molecule has 0 aromatic heterocycles. The molecule has 0 unspecified atom stereocenters. The molecule has 0 radical (unpaired) electrons. The van der Waals surface area contributed by atoms with Gasteiger partial charge in [-0.1, -0.05) is 48.5 Å². The molecule has 1 heteroatoms.